The van der Waals surface area contributed by atoms with Crippen molar-refractivity contribution >= 4 is 34.8 Å². The lowest BCUT2D eigenvalue weighted by molar-refractivity contribution is -0.120. The summed E-state index contributed by atoms with van der Waals surface area (Å²) in [4.78, 5) is 11.9. The van der Waals surface area contributed by atoms with Crippen LogP contribution in [0.1, 0.15) is 13.8 Å². The fourth-order valence-electron chi connectivity index (χ4n) is 1.49. The smallest absolute Gasteiger partial charge is 0.229 e. The third-order valence-electron chi connectivity index (χ3n) is 2.58. The lowest BCUT2D eigenvalue weighted by Gasteiger charge is -2.18. The average Bonchev–Trinajstić information content (AvgIpc) is 2.24. The zero-order valence-corrected chi connectivity index (χ0v) is 11.3. The van der Waals surface area contributed by atoms with Gasteiger partial charge in [0.1, 0.15) is 0 Å². The van der Waals surface area contributed by atoms with E-state index in [1.54, 1.807) is 18.2 Å². The highest BCUT2D eigenvalue weighted by atomic mass is 35.5. The molecule has 3 nitrogen and oxygen atoms in total. The van der Waals surface area contributed by atoms with Crippen molar-refractivity contribution in [3.63, 3.8) is 0 Å². The molecule has 0 aliphatic heterocycles. The Morgan fingerprint density at radius 3 is 2.47 bits per heavy atom. The molecule has 5 heteroatoms. The van der Waals surface area contributed by atoms with E-state index < -0.39 is 0 Å². The van der Waals surface area contributed by atoms with E-state index >= 15 is 0 Å². The van der Waals surface area contributed by atoms with Crippen molar-refractivity contribution in [3.05, 3.63) is 28.2 Å². The van der Waals surface area contributed by atoms with Gasteiger partial charge in [0.25, 0.3) is 0 Å². The van der Waals surface area contributed by atoms with Crippen LogP contribution in [-0.4, -0.2) is 12.5 Å². The minimum atomic E-state index is -0.204. The quantitative estimate of drug-likeness (QED) is 0.886. The standard InChI is InChI=1S/C12H16Cl2N2O/c1-7(2)9(6-15)12(17)16-8-3-4-10(13)11(14)5-8/h3-5,7,9H,6,15H2,1-2H3,(H,16,17). The van der Waals surface area contributed by atoms with E-state index in [-0.39, 0.29) is 17.7 Å². The molecule has 94 valence electrons. The Morgan fingerprint density at radius 1 is 1.35 bits per heavy atom. The second-order valence-electron chi connectivity index (χ2n) is 4.20. The Morgan fingerprint density at radius 2 is 2.00 bits per heavy atom. The Balaban J connectivity index is 2.77. The molecule has 1 unspecified atom stereocenters. The largest absolute Gasteiger partial charge is 0.330 e. The van der Waals surface area contributed by atoms with Gasteiger partial charge in [0.2, 0.25) is 5.91 Å². The van der Waals surface area contributed by atoms with Gasteiger partial charge in [0.05, 0.1) is 16.0 Å². The number of amides is 1. The molecule has 0 saturated heterocycles. The van der Waals surface area contributed by atoms with E-state index in [9.17, 15) is 4.79 Å². The Kier molecular flexibility index (Phi) is 5.25. The molecule has 0 aliphatic rings. The molecular weight excluding hydrogens is 259 g/mol. The highest BCUT2D eigenvalue weighted by Gasteiger charge is 2.20. The molecule has 1 aromatic carbocycles. The van der Waals surface area contributed by atoms with Crippen LogP contribution < -0.4 is 11.1 Å². The second kappa shape index (κ2) is 6.24. The van der Waals surface area contributed by atoms with E-state index in [2.05, 4.69) is 5.32 Å². The van der Waals surface area contributed by atoms with Crippen molar-refractivity contribution in [2.45, 2.75) is 13.8 Å². The van der Waals surface area contributed by atoms with Gasteiger partial charge in [-0.1, -0.05) is 37.0 Å². The summed E-state index contributed by atoms with van der Waals surface area (Å²) in [5, 5.41) is 3.66. The van der Waals surface area contributed by atoms with Gasteiger partial charge in [-0.3, -0.25) is 4.79 Å². The first kappa shape index (κ1) is 14.3. The summed E-state index contributed by atoms with van der Waals surface area (Å²) in [5.41, 5.74) is 6.20. The molecule has 0 spiro atoms. The number of carbonyl (C=O) groups is 1. The molecule has 0 bridgehead atoms. The molecule has 0 aliphatic carbocycles. The van der Waals surface area contributed by atoms with Crippen molar-refractivity contribution in [2.24, 2.45) is 17.6 Å². The average molecular weight is 275 g/mol. The number of anilines is 1. The third-order valence-corrected chi connectivity index (χ3v) is 3.32. The van der Waals surface area contributed by atoms with Gasteiger partial charge in [0.15, 0.2) is 0 Å². The molecule has 1 atom stereocenters. The maximum atomic E-state index is 11.9. The maximum Gasteiger partial charge on any atom is 0.229 e. The van der Waals surface area contributed by atoms with Crippen molar-refractivity contribution < 1.29 is 4.79 Å². The molecule has 0 aromatic heterocycles. The van der Waals surface area contributed by atoms with E-state index in [1.165, 1.54) is 0 Å². The zero-order chi connectivity index (χ0) is 13.0. The van der Waals surface area contributed by atoms with Crippen molar-refractivity contribution in [1.82, 2.24) is 0 Å². The third kappa shape index (κ3) is 3.87. The van der Waals surface area contributed by atoms with Gasteiger partial charge in [0, 0.05) is 12.2 Å². The van der Waals surface area contributed by atoms with Crippen LogP contribution in [0.5, 0.6) is 0 Å². The van der Waals surface area contributed by atoms with Crippen LogP contribution in [0.3, 0.4) is 0 Å². The van der Waals surface area contributed by atoms with Crippen LogP contribution in [0, 0.1) is 11.8 Å². The molecule has 0 radical (unpaired) electrons. The van der Waals surface area contributed by atoms with Crippen molar-refractivity contribution in [3.8, 4) is 0 Å². The van der Waals surface area contributed by atoms with E-state index in [4.69, 9.17) is 28.9 Å². The lowest BCUT2D eigenvalue weighted by Crippen LogP contribution is -2.33. The number of carbonyl (C=O) groups excluding carboxylic acids is 1. The van der Waals surface area contributed by atoms with Crippen LogP contribution in [-0.2, 0) is 4.79 Å². The normalized spacial score (nSPS) is 12.6. The summed E-state index contributed by atoms with van der Waals surface area (Å²) in [6, 6.07) is 4.97. The number of benzene rings is 1. The minimum absolute atomic E-state index is 0.0964. The first-order chi connectivity index (χ1) is 7.95. The molecule has 0 heterocycles. The molecule has 0 saturated carbocycles. The maximum absolute atomic E-state index is 11.9. The number of rotatable bonds is 4. The zero-order valence-electron chi connectivity index (χ0n) is 9.84. The lowest BCUT2D eigenvalue weighted by atomic mass is 9.95. The first-order valence-electron chi connectivity index (χ1n) is 5.41. The van der Waals surface area contributed by atoms with Gasteiger partial charge in [-0.25, -0.2) is 0 Å². The summed E-state index contributed by atoms with van der Waals surface area (Å²) in [6.45, 7) is 4.25. The summed E-state index contributed by atoms with van der Waals surface area (Å²) in [5.74, 6) is -0.104. The van der Waals surface area contributed by atoms with E-state index in [0.717, 1.165) is 0 Å². The van der Waals surface area contributed by atoms with Crippen LogP contribution in [0.15, 0.2) is 18.2 Å². The molecule has 1 amide bonds. The number of halogens is 2. The van der Waals surface area contributed by atoms with Gasteiger partial charge in [-0.15, -0.1) is 0 Å². The molecule has 1 rings (SSSR count). The minimum Gasteiger partial charge on any atom is -0.330 e. The van der Waals surface area contributed by atoms with Gasteiger partial charge < -0.3 is 11.1 Å². The molecule has 3 N–H and O–H groups in total. The molecular formula is C12H16Cl2N2O. The summed E-state index contributed by atoms with van der Waals surface area (Å²) in [7, 11) is 0. The van der Waals surface area contributed by atoms with E-state index in [0.29, 0.717) is 22.3 Å². The van der Waals surface area contributed by atoms with Crippen LogP contribution >= 0.6 is 23.2 Å². The highest BCUT2D eigenvalue weighted by molar-refractivity contribution is 6.42. The fraction of sp³-hybridized carbons (Fsp3) is 0.417. The van der Waals surface area contributed by atoms with Crippen molar-refractivity contribution in [2.75, 3.05) is 11.9 Å². The molecule has 1 aromatic rings. The summed E-state index contributed by atoms with van der Waals surface area (Å²) < 4.78 is 0. The van der Waals surface area contributed by atoms with Crippen LogP contribution in [0.2, 0.25) is 10.0 Å². The summed E-state index contributed by atoms with van der Waals surface area (Å²) >= 11 is 11.7. The molecule has 0 fully saturated rings. The highest BCUT2D eigenvalue weighted by Crippen LogP contribution is 2.25. The van der Waals surface area contributed by atoms with Crippen LogP contribution in [0.25, 0.3) is 0 Å². The number of nitrogens with two attached hydrogens (primary N) is 1. The van der Waals surface area contributed by atoms with Crippen LogP contribution in [0.4, 0.5) is 5.69 Å². The monoisotopic (exact) mass is 274 g/mol. The predicted octanol–water partition coefficient (Wildman–Crippen LogP) is 3.16. The fourth-order valence-corrected chi connectivity index (χ4v) is 1.79. The second-order valence-corrected chi connectivity index (χ2v) is 5.02. The SMILES string of the molecule is CC(C)C(CN)C(=O)Nc1ccc(Cl)c(Cl)c1. The first-order valence-corrected chi connectivity index (χ1v) is 6.17. The number of nitrogens with one attached hydrogen (secondary N) is 1. The molecule has 17 heavy (non-hydrogen) atoms. The Bertz CT molecular complexity index is 407. The Labute approximate surface area is 111 Å². The Hall–Kier alpha value is -0.770. The number of hydrogen-bond donors (Lipinski definition) is 2. The van der Waals surface area contributed by atoms with Gasteiger partial charge >= 0.3 is 0 Å². The topological polar surface area (TPSA) is 55.1 Å². The predicted molar refractivity (Wildman–Crippen MR) is 72.5 cm³/mol. The van der Waals surface area contributed by atoms with Gasteiger partial charge in [-0.05, 0) is 24.1 Å². The van der Waals surface area contributed by atoms with Crippen molar-refractivity contribution in [1.29, 1.82) is 0 Å². The number of hydrogen-bond acceptors (Lipinski definition) is 2. The van der Waals surface area contributed by atoms with E-state index in [1.807, 2.05) is 13.8 Å². The van der Waals surface area contributed by atoms with Gasteiger partial charge in [-0.2, -0.15) is 0 Å². The summed E-state index contributed by atoms with van der Waals surface area (Å²) in [6.07, 6.45) is 0.